The molecule has 0 saturated heterocycles. The molecule has 0 spiro atoms. The van der Waals surface area contributed by atoms with Gasteiger partial charge in [-0.2, -0.15) is 0 Å². The van der Waals surface area contributed by atoms with Crippen LogP contribution in [0.1, 0.15) is 16.8 Å². The summed E-state index contributed by atoms with van der Waals surface area (Å²) in [6, 6.07) is 4.13. The van der Waals surface area contributed by atoms with Crippen molar-refractivity contribution in [3.05, 3.63) is 41.3 Å². The van der Waals surface area contributed by atoms with E-state index in [1.54, 1.807) is 19.5 Å². The molecular weight excluding hydrogens is 226 g/mol. The lowest BCUT2D eigenvalue weighted by Crippen LogP contribution is -2.04. The van der Waals surface area contributed by atoms with E-state index in [0.29, 0.717) is 6.54 Å². The lowest BCUT2D eigenvalue weighted by molar-refractivity contribution is 0.413. The van der Waals surface area contributed by atoms with Crippen molar-refractivity contribution in [3.8, 4) is 17.0 Å². The van der Waals surface area contributed by atoms with Crippen LogP contribution < -0.4 is 10.5 Å². The van der Waals surface area contributed by atoms with Crippen LogP contribution in [0.25, 0.3) is 11.3 Å². The fourth-order valence-corrected chi connectivity index (χ4v) is 2.14. The summed E-state index contributed by atoms with van der Waals surface area (Å²) in [6.07, 6.45) is 3.33. The molecule has 0 unspecified atom stereocenters. The Balaban J connectivity index is 2.70. The van der Waals surface area contributed by atoms with Gasteiger partial charge < -0.3 is 10.5 Å². The van der Waals surface area contributed by atoms with E-state index in [2.05, 4.69) is 29.0 Å². The standard InChI is InChI=1S/C14H17N3O/c1-9-6-10(2)14(18-3)11(7-9)13-12(8-15)16-4-5-17-13/h4-7H,8,15H2,1-3H3. The first-order valence-corrected chi connectivity index (χ1v) is 5.83. The Kier molecular flexibility index (Phi) is 3.58. The molecule has 0 aliphatic rings. The molecule has 0 bridgehead atoms. The molecule has 2 rings (SSSR count). The van der Waals surface area contributed by atoms with Gasteiger partial charge in [0.2, 0.25) is 0 Å². The molecule has 4 heteroatoms. The van der Waals surface area contributed by atoms with Crippen LogP contribution in [0.15, 0.2) is 24.5 Å². The molecule has 18 heavy (non-hydrogen) atoms. The zero-order valence-corrected chi connectivity index (χ0v) is 10.9. The predicted molar refractivity (Wildman–Crippen MR) is 71.4 cm³/mol. The number of nitrogens with two attached hydrogens (primary N) is 1. The average Bonchev–Trinajstić information content (AvgIpc) is 2.38. The van der Waals surface area contributed by atoms with Crippen LogP contribution in [-0.4, -0.2) is 17.1 Å². The van der Waals surface area contributed by atoms with E-state index in [1.807, 2.05) is 6.92 Å². The summed E-state index contributed by atoms with van der Waals surface area (Å²) in [5, 5.41) is 0. The number of aromatic nitrogens is 2. The Morgan fingerprint density at radius 1 is 1.17 bits per heavy atom. The van der Waals surface area contributed by atoms with Crippen LogP contribution in [0.3, 0.4) is 0 Å². The Morgan fingerprint density at radius 2 is 1.89 bits per heavy atom. The van der Waals surface area contributed by atoms with E-state index in [0.717, 1.165) is 33.8 Å². The van der Waals surface area contributed by atoms with Crippen LogP contribution in [0, 0.1) is 13.8 Å². The van der Waals surface area contributed by atoms with Gasteiger partial charge in [-0.15, -0.1) is 0 Å². The summed E-state index contributed by atoms with van der Waals surface area (Å²) < 4.78 is 5.48. The van der Waals surface area contributed by atoms with E-state index in [-0.39, 0.29) is 0 Å². The van der Waals surface area contributed by atoms with Crippen LogP contribution >= 0.6 is 0 Å². The molecule has 4 nitrogen and oxygen atoms in total. The Labute approximate surface area is 107 Å². The molecule has 1 aromatic heterocycles. The van der Waals surface area contributed by atoms with Gasteiger partial charge in [-0.3, -0.25) is 9.97 Å². The van der Waals surface area contributed by atoms with E-state index >= 15 is 0 Å². The van der Waals surface area contributed by atoms with Crippen molar-refractivity contribution in [3.63, 3.8) is 0 Å². The van der Waals surface area contributed by atoms with Crippen molar-refractivity contribution in [2.24, 2.45) is 5.73 Å². The second-order valence-corrected chi connectivity index (χ2v) is 4.22. The summed E-state index contributed by atoms with van der Waals surface area (Å²) in [4.78, 5) is 8.65. The fraction of sp³-hybridized carbons (Fsp3) is 0.286. The molecule has 94 valence electrons. The van der Waals surface area contributed by atoms with E-state index in [1.165, 1.54) is 0 Å². The number of nitrogens with zero attached hydrogens (tertiary/aromatic N) is 2. The SMILES string of the molecule is COc1c(C)cc(C)cc1-c1nccnc1CN. The minimum atomic E-state index is 0.360. The number of aryl methyl sites for hydroxylation is 2. The number of ether oxygens (including phenoxy) is 1. The summed E-state index contributed by atoms with van der Waals surface area (Å²) in [5.41, 5.74) is 10.5. The zero-order valence-electron chi connectivity index (χ0n) is 10.9. The molecule has 0 saturated carbocycles. The Morgan fingerprint density at radius 3 is 2.56 bits per heavy atom. The van der Waals surface area contributed by atoms with Gasteiger partial charge in [0.15, 0.2) is 0 Å². The number of methoxy groups -OCH3 is 1. The highest BCUT2D eigenvalue weighted by Crippen LogP contribution is 2.33. The van der Waals surface area contributed by atoms with Gasteiger partial charge in [0.1, 0.15) is 5.75 Å². The first-order chi connectivity index (χ1) is 8.67. The average molecular weight is 243 g/mol. The van der Waals surface area contributed by atoms with Crippen LogP contribution in [0.2, 0.25) is 0 Å². The largest absolute Gasteiger partial charge is 0.496 e. The van der Waals surface area contributed by atoms with E-state index in [4.69, 9.17) is 10.5 Å². The molecule has 0 aliphatic carbocycles. The fourth-order valence-electron chi connectivity index (χ4n) is 2.14. The smallest absolute Gasteiger partial charge is 0.131 e. The first-order valence-electron chi connectivity index (χ1n) is 5.83. The monoisotopic (exact) mass is 243 g/mol. The molecule has 0 amide bonds. The molecule has 0 fully saturated rings. The topological polar surface area (TPSA) is 61.0 Å². The third-order valence-electron chi connectivity index (χ3n) is 2.85. The molecular formula is C14H17N3O. The van der Waals surface area contributed by atoms with Crippen molar-refractivity contribution in [1.29, 1.82) is 0 Å². The quantitative estimate of drug-likeness (QED) is 0.898. The normalized spacial score (nSPS) is 10.4. The van der Waals surface area contributed by atoms with Gasteiger partial charge in [-0.1, -0.05) is 6.07 Å². The van der Waals surface area contributed by atoms with Crippen molar-refractivity contribution in [2.45, 2.75) is 20.4 Å². The van der Waals surface area contributed by atoms with Gasteiger partial charge in [0.25, 0.3) is 0 Å². The van der Waals surface area contributed by atoms with Crippen LogP contribution in [-0.2, 0) is 6.54 Å². The second-order valence-electron chi connectivity index (χ2n) is 4.22. The van der Waals surface area contributed by atoms with Crippen molar-refractivity contribution in [2.75, 3.05) is 7.11 Å². The van der Waals surface area contributed by atoms with Crippen LogP contribution in [0.5, 0.6) is 5.75 Å². The number of hydrogen-bond acceptors (Lipinski definition) is 4. The first kappa shape index (κ1) is 12.5. The zero-order chi connectivity index (χ0) is 13.1. The minimum absolute atomic E-state index is 0.360. The van der Waals surface area contributed by atoms with Gasteiger partial charge in [0, 0.05) is 24.5 Å². The maximum atomic E-state index is 5.71. The van der Waals surface area contributed by atoms with Crippen LogP contribution in [0.4, 0.5) is 0 Å². The van der Waals surface area contributed by atoms with Gasteiger partial charge in [-0.05, 0) is 31.0 Å². The lowest BCUT2D eigenvalue weighted by Gasteiger charge is -2.14. The van der Waals surface area contributed by atoms with Crippen molar-refractivity contribution < 1.29 is 4.74 Å². The molecule has 2 aromatic rings. The molecule has 0 radical (unpaired) electrons. The van der Waals surface area contributed by atoms with E-state index in [9.17, 15) is 0 Å². The Bertz CT molecular complexity index is 567. The molecule has 1 aromatic carbocycles. The highest BCUT2D eigenvalue weighted by Gasteiger charge is 2.14. The summed E-state index contributed by atoms with van der Waals surface area (Å²) in [6.45, 7) is 4.43. The minimum Gasteiger partial charge on any atom is -0.496 e. The summed E-state index contributed by atoms with van der Waals surface area (Å²) >= 11 is 0. The van der Waals surface area contributed by atoms with Gasteiger partial charge in [-0.25, -0.2) is 0 Å². The van der Waals surface area contributed by atoms with Crippen molar-refractivity contribution in [1.82, 2.24) is 9.97 Å². The molecule has 1 heterocycles. The number of hydrogen-bond donors (Lipinski definition) is 1. The highest BCUT2D eigenvalue weighted by atomic mass is 16.5. The maximum absolute atomic E-state index is 5.71. The highest BCUT2D eigenvalue weighted by molar-refractivity contribution is 5.71. The maximum Gasteiger partial charge on any atom is 0.131 e. The Hall–Kier alpha value is -1.94. The predicted octanol–water partition coefficient (Wildman–Crippen LogP) is 2.23. The second kappa shape index (κ2) is 5.14. The van der Waals surface area contributed by atoms with Gasteiger partial charge >= 0.3 is 0 Å². The lowest BCUT2D eigenvalue weighted by atomic mass is 10.0. The summed E-state index contributed by atoms with van der Waals surface area (Å²) in [5.74, 6) is 0.829. The third-order valence-corrected chi connectivity index (χ3v) is 2.85. The molecule has 0 atom stereocenters. The van der Waals surface area contributed by atoms with E-state index < -0.39 is 0 Å². The molecule has 0 aliphatic heterocycles. The number of rotatable bonds is 3. The summed E-state index contributed by atoms with van der Waals surface area (Å²) in [7, 11) is 1.67. The number of benzene rings is 1. The van der Waals surface area contributed by atoms with Gasteiger partial charge in [0.05, 0.1) is 18.5 Å². The molecule has 2 N–H and O–H groups in total. The van der Waals surface area contributed by atoms with Crippen molar-refractivity contribution >= 4 is 0 Å². The third kappa shape index (κ3) is 2.19.